The summed E-state index contributed by atoms with van der Waals surface area (Å²) in [6.07, 6.45) is 0. The fourth-order valence-corrected chi connectivity index (χ4v) is 3.98. The first-order chi connectivity index (χ1) is 13.6. The Morgan fingerprint density at radius 3 is 2.14 bits per heavy atom. The van der Waals surface area contributed by atoms with Crippen molar-refractivity contribution in [2.75, 3.05) is 10.0 Å². The van der Waals surface area contributed by atoms with E-state index in [-0.39, 0.29) is 21.4 Å². The number of sulfonamides is 1. The van der Waals surface area contributed by atoms with Crippen LogP contribution in [0.3, 0.4) is 0 Å². The number of hydrogen-bond acceptors (Lipinski definition) is 5. The lowest BCUT2D eigenvalue weighted by Crippen LogP contribution is -2.16. The minimum Gasteiger partial charge on any atom is -0.322 e. The van der Waals surface area contributed by atoms with Crippen molar-refractivity contribution in [3.63, 3.8) is 0 Å². The van der Waals surface area contributed by atoms with Gasteiger partial charge in [-0.2, -0.15) is 0 Å². The number of benzene rings is 2. The molecule has 0 aliphatic heterocycles. The predicted molar refractivity (Wildman–Crippen MR) is 113 cm³/mol. The summed E-state index contributed by atoms with van der Waals surface area (Å²) in [5, 5.41) is 3.29. The molecule has 2 aromatic carbocycles. The van der Waals surface area contributed by atoms with Gasteiger partial charge < -0.3 is 5.32 Å². The highest BCUT2D eigenvalue weighted by molar-refractivity contribution is 7.92. The van der Waals surface area contributed by atoms with Crippen LogP contribution in [0.15, 0.2) is 53.4 Å². The Kier molecular flexibility index (Phi) is 6.07. The Morgan fingerprint density at radius 2 is 1.55 bits per heavy atom. The van der Waals surface area contributed by atoms with Gasteiger partial charge in [0.15, 0.2) is 0 Å². The van der Waals surface area contributed by atoms with Crippen LogP contribution in [0.2, 0.25) is 10.0 Å². The highest BCUT2D eigenvalue weighted by Gasteiger charge is 2.17. The topological polar surface area (TPSA) is 101 Å². The number of amides is 1. The number of carbonyl (C=O) groups is 1. The van der Waals surface area contributed by atoms with E-state index < -0.39 is 15.9 Å². The standard InChI is InChI=1S/C19H16Cl2N4O3S/c1-11-9-12(2)23-19(22-11)25-29(27,28)15-6-4-14(5-7-15)24-18(26)16-8-3-13(20)10-17(16)21/h3-10H,1-2H3,(H,24,26)(H,22,23,25). The lowest BCUT2D eigenvalue weighted by molar-refractivity contribution is 0.102. The number of aromatic nitrogens is 2. The van der Waals surface area contributed by atoms with Gasteiger partial charge in [-0.05, 0) is 62.4 Å². The summed E-state index contributed by atoms with van der Waals surface area (Å²) in [6.45, 7) is 3.49. The van der Waals surface area contributed by atoms with Gasteiger partial charge in [0, 0.05) is 22.1 Å². The van der Waals surface area contributed by atoms with E-state index in [0.717, 1.165) is 0 Å². The van der Waals surface area contributed by atoms with Crippen LogP contribution in [0, 0.1) is 13.8 Å². The Bertz CT molecular complexity index is 1160. The van der Waals surface area contributed by atoms with E-state index in [4.69, 9.17) is 23.2 Å². The second-order valence-corrected chi connectivity index (χ2v) is 8.71. The van der Waals surface area contributed by atoms with Gasteiger partial charge in [0.05, 0.1) is 15.5 Å². The molecular formula is C19H16Cl2N4O3S. The van der Waals surface area contributed by atoms with Crippen LogP contribution in [0.25, 0.3) is 0 Å². The van der Waals surface area contributed by atoms with Crippen LogP contribution in [0.1, 0.15) is 21.7 Å². The van der Waals surface area contributed by atoms with Crippen LogP contribution in [-0.4, -0.2) is 24.3 Å². The van der Waals surface area contributed by atoms with Crippen LogP contribution in [0.5, 0.6) is 0 Å². The maximum Gasteiger partial charge on any atom is 0.264 e. The zero-order valence-corrected chi connectivity index (χ0v) is 17.7. The zero-order valence-electron chi connectivity index (χ0n) is 15.4. The molecule has 29 heavy (non-hydrogen) atoms. The molecule has 10 heteroatoms. The predicted octanol–water partition coefficient (Wildman–Crippen LogP) is 4.45. The average molecular weight is 451 g/mol. The number of anilines is 2. The molecule has 0 radical (unpaired) electrons. The van der Waals surface area contributed by atoms with E-state index in [1.54, 1.807) is 26.0 Å². The minimum absolute atomic E-state index is 0.00254. The van der Waals surface area contributed by atoms with E-state index in [2.05, 4.69) is 20.0 Å². The van der Waals surface area contributed by atoms with Gasteiger partial charge in [0.1, 0.15) is 0 Å². The molecule has 0 atom stereocenters. The second kappa shape index (κ2) is 8.36. The average Bonchev–Trinajstić information content (AvgIpc) is 2.60. The number of rotatable bonds is 5. The van der Waals surface area contributed by atoms with Crippen molar-refractivity contribution >= 4 is 50.8 Å². The van der Waals surface area contributed by atoms with Gasteiger partial charge in [-0.3, -0.25) is 4.79 Å². The van der Waals surface area contributed by atoms with E-state index in [0.29, 0.717) is 22.1 Å². The maximum atomic E-state index is 12.5. The van der Waals surface area contributed by atoms with Crippen LogP contribution in [-0.2, 0) is 10.0 Å². The number of nitrogens with one attached hydrogen (secondary N) is 2. The van der Waals surface area contributed by atoms with Crippen LogP contribution >= 0.6 is 23.2 Å². The van der Waals surface area contributed by atoms with Gasteiger partial charge in [-0.25, -0.2) is 23.1 Å². The fourth-order valence-electron chi connectivity index (χ4n) is 2.54. The Morgan fingerprint density at radius 1 is 0.931 bits per heavy atom. The summed E-state index contributed by atoms with van der Waals surface area (Å²) in [5.74, 6) is -0.443. The van der Waals surface area contributed by atoms with Gasteiger partial charge in [-0.1, -0.05) is 23.2 Å². The largest absolute Gasteiger partial charge is 0.322 e. The number of hydrogen-bond donors (Lipinski definition) is 2. The highest BCUT2D eigenvalue weighted by Crippen LogP contribution is 2.23. The summed E-state index contributed by atoms with van der Waals surface area (Å²) in [6, 6.07) is 11.9. The molecule has 0 unspecified atom stereocenters. The lowest BCUT2D eigenvalue weighted by atomic mass is 10.2. The Labute approximate surface area is 178 Å². The van der Waals surface area contributed by atoms with Crippen molar-refractivity contribution in [2.45, 2.75) is 18.7 Å². The van der Waals surface area contributed by atoms with Crippen molar-refractivity contribution < 1.29 is 13.2 Å². The normalized spacial score (nSPS) is 11.2. The van der Waals surface area contributed by atoms with Gasteiger partial charge in [-0.15, -0.1) is 0 Å². The summed E-state index contributed by atoms with van der Waals surface area (Å²) < 4.78 is 27.4. The van der Waals surface area contributed by atoms with Gasteiger partial charge in [0.2, 0.25) is 5.95 Å². The van der Waals surface area contributed by atoms with Crippen molar-refractivity contribution in [2.24, 2.45) is 0 Å². The number of halogens is 2. The van der Waals surface area contributed by atoms with Crippen LogP contribution in [0.4, 0.5) is 11.6 Å². The van der Waals surface area contributed by atoms with E-state index in [1.807, 2.05) is 0 Å². The van der Waals surface area contributed by atoms with Crippen molar-refractivity contribution in [3.8, 4) is 0 Å². The van der Waals surface area contributed by atoms with Crippen molar-refractivity contribution in [1.82, 2.24) is 9.97 Å². The number of nitrogens with zero attached hydrogens (tertiary/aromatic N) is 2. The molecule has 0 fully saturated rings. The fraction of sp³-hybridized carbons (Fsp3) is 0.105. The quantitative estimate of drug-likeness (QED) is 0.597. The van der Waals surface area contributed by atoms with E-state index in [1.165, 1.54) is 36.4 Å². The third kappa shape index (κ3) is 5.23. The molecule has 0 saturated heterocycles. The second-order valence-electron chi connectivity index (χ2n) is 6.18. The molecule has 1 heterocycles. The minimum atomic E-state index is -3.88. The Balaban J connectivity index is 1.76. The van der Waals surface area contributed by atoms with E-state index in [9.17, 15) is 13.2 Å². The van der Waals surface area contributed by atoms with Gasteiger partial charge >= 0.3 is 0 Å². The molecule has 150 valence electrons. The SMILES string of the molecule is Cc1cc(C)nc(NS(=O)(=O)c2ccc(NC(=O)c3ccc(Cl)cc3Cl)cc2)n1. The summed E-state index contributed by atoms with van der Waals surface area (Å²) in [4.78, 5) is 20.5. The number of carbonyl (C=O) groups excluding carboxylic acids is 1. The summed E-state index contributed by atoms with van der Waals surface area (Å²) in [7, 11) is -3.88. The summed E-state index contributed by atoms with van der Waals surface area (Å²) in [5.41, 5.74) is 1.95. The highest BCUT2D eigenvalue weighted by atomic mass is 35.5. The molecule has 0 aliphatic carbocycles. The number of aryl methyl sites for hydroxylation is 2. The van der Waals surface area contributed by atoms with Gasteiger partial charge in [0.25, 0.3) is 15.9 Å². The molecule has 0 bridgehead atoms. The van der Waals surface area contributed by atoms with Crippen molar-refractivity contribution in [1.29, 1.82) is 0 Å². The monoisotopic (exact) mass is 450 g/mol. The third-order valence-electron chi connectivity index (χ3n) is 3.81. The third-order valence-corrected chi connectivity index (χ3v) is 5.70. The smallest absolute Gasteiger partial charge is 0.264 e. The first kappa shape index (κ1) is 21.0. The maximum absolute atomic E-state index is 12.5. The first-order valence-electron chi connectivity index (χ1n) is 8.35. The van der Waals surface area contributed by atoms with E-state index >= 15 is 0 Å². The zero-order chi connectivity index (χ0) is 21.2. The molecule has 0 spiro atoms. The molecule has 7 nitrogen and oxygen atoms in total. The van der Waals surface area contributed by atoms with Crippen LogP contribution < -0.4 is 10.0 Å². The molecule has 1 aromatic heterocycles. The first-order valence-corrected chi connectivity index (χ1v) is 10.6. The molecule has 3 rings (SSSR count). The summed E-state index contributed by atoms with van der Waals surface area (Å²) >= 11 is 11.9. The molecule has 0 saturated carbocycles. The molecule has 3 aromatic rings. The molecule has 2 N–H and O–H groups in total. The lowest BCUT2D eigenvalue weighted by Gasteiger charge is -2.10. The molecule has 1 amide bonds. The molecule has 0 aliphatic rings. The Hall–Kier alpha value is -2.68. The molecular weight excluding hydrogens is 435 g/mol. The van der Waals surface area contributed by atoms with Crippen molar-refractivity contribution in [3.05, 3.63) is 75.5 Å².